The van der Waals surface area contributed by atoms with Gasteiger partial charge in [0.15, 0.2) is 0 Å². The van der Waals surface area contributed by atoms with Crippen LogP contribution in [0.5, 0.6) is 0 Å². The first-order chi connectivity index (χ1) is 5.17. The molecule has 0 bridgehead atoms. The molecular weight excluding hydrogens is 168 g/mol. The van der Waals surface area contributed by atoms with Gasteiger partial charge in [-0.2, -0.15) is 0 Å². The quantitative estimate of drug-likeness (QED) is 0.631. The number of nitrogens with zero attached hydrogens (tertiary/aromatic N) is 1. The molecule has 0 aliphatic rings. The van der Waals surface area contributed by atoms with Crippen molar-refractivity contribution in [1.82, 2.24) is 9.87 Å². The molecule has 0 fully saturated rings. The highest BCUT2D eigenvalue weighted by Crippen LogP contribution is 2.03. The van der Waals surface area contributed by atoms with E-state index < -0.39 is 10.0 Å². The van der Waals surface area contributed by atoms with Crippen LogP contribution in [-0.2, 0) is 10.0 Å². The Morgan fingerprint density at radius 2 is 1.91 bits per heavy atom. The lowest BCUT2D eigenvalue weighted by atomic mass is 10.5. The summed E-state index contributed by atoms with van der Waals surface area (Å²) >= 11 is 0. The van der Waals surface area contributed by atoms with Gasteiger partial charge >= 0.3 is 0 Å². The SMILES string of the molecule is O=S(=O)(N[O-])c1ccncc1. The van der Waals surface area contributed by atoms with E-state index in [1.54, 1.807) is 0 Å². The lowest BCUT2D eigenvalue weighted by Gasteiger charge is -2.07. The standard InChI is InChI=1S/C5H5N2O3S/c8-7-11(9,10)5-1-3-6-4-2-5/h1-4,7H/q-1. The molecule has 0 amide bonds. The first kappa shape index (κ1) is 8.12. The average molecular weight is 173 g/mol. The highest BCUT2D eigenvalue weighted by atomic mass is 32.2. The fraction of sp³-hybridized carbons (Fsp3) is 0. The molecule has 5 nitrogen and oxygen atoms in total. The number of sulfonamides is 1. The molecule has 60 valence electrons. The third kappa shape index (κ3) is 1.73. The van der Waals surface area contributed by atoms with Crippen LogP contribution >= 0.6 is 0 Å². The van der Waals surface area contributed by atoms with Crippen molar-refractivity contribution >= 4 is 10.0 Å². The van der Waals surface area contributed by atoms with Gasteiger partial charge in [-0.3, -0.25) is 9.87 Å². The normalized spacial score (nSPS) is 11.4. The predicted octanol–water partition coefficient (Wildman–Crippen LogP) is -0.142. The predicted molar refractivity (Wildman–Crippen MR) is 37.9 cm³/mol. The number of hydrogen-bond acceptors (Lipinski definition) is 4. The maximum absolute atomic E-state index is 10.7. The lowest BCUT2D eigenvalue weighted by molar-refractivity contribution is 0.590. The van der Waals surface area contributed by atoms with Gasteiger partial charge in [-0.05, 0) is 12.1 Å². The number of hydrogen-bond donors (Lipinski definition) is 1. The Labute approximate surface area is 63.7 Å². The van der Waals surface area contributed by atoms with E-state index in [-0.39, 0.29) is 4.90 Å². The van der Waals surface area contributed by atoms with Crippen molar-refractivity contribution < 1.29 is 8.42 Å². The zero-order chi connectivity index (χ0) is 8.32. The molecule has 0 radical (unpaired) electrons. The molecule has 1 rings (SSSR count). The first-order valence-corrected chi connectivity index (χ1v) is 4.19. The van der Waals surface area contributed by atoms with Crippen molar-refractivity contribution in [2.24, 2.45) is 0 Å². The van der Waals surface area contributed by atoms with Gasteiger partial charge in [0.05, 0.1) is 4.90 Å². The molecule has 0 aliphatic heterocycles. The Bertz CT molecular complexity index is 321. The van der Waals surface area contributed by atoms with Gasteiger partial charge in [-0.15, -0.1) is 0 Å². The summed E-state index contributed by atoms with van der Waals surface area (Å²) in [6.45, 7) is 0. The van der Waals surface area contributed by atoms with Crippen LogP contribution in [0, 0.1) is 5.21 Å². The Hall–Kier alpha value is -0.980. The fourth-order valence-corrected chi connectivity index (χ4v) is 1.14. The first-order valence-electron chi connectivity index (χ1n) is 2.71. The molecule has 0 atom stereocenters. The summed E-state index contributed by atoms with van der Waals surface area (Å²) in [4.78, 5) is 4.47. The molecule has 0 saturated heterocycles. The largest absolute Gasteiger partial charge is 0.775 e. The Balaban J connectivity index is 3.14. The third-order valence-electron chi connectivity index (χ3n) is 1.07. The summed E-state index contributed by atoms with van der Waals surface area (Å²) in [6.07, 6.45) is 2.59. The van der Waals surface area contributed by atoms with E-state index >= 15 is 0 Å². The summed E-state index contributed by atoms with van der Waals surface area (Å²) < 4.78 is 21.5. The molecule has 1 aromatic heterocycles. The maximum atomic E-state index is 10.7. The van der Waals surface area contributed by atoms with Gasteiger partial charge in [-0.25, -0.2) is 8.42 Å². The molecule has 0 saturated carbocycles. The second kappa shape index (κ2) is 2.95. The summed E-state index contributed by atoms with van der Waals surface area (Å²) in [7, 11) is -3.84. The van der Waals surface area contributed by atoms with Gasteiger partial charge in [0.2, 0.25) is 10.0 Å². The second-order valence-corrected chi connectivity index (χ2v) is 3.41. The van der Waals surface area contributed by atoms with Crippen LogP contribution < -0.4 is 4.89 Å². The molecule has 11 heavy (non-hydrogen) atoms. The number of rotatable bonds is 2. The van der Waals surface area contributed by atoms with E-state index in [1.807, 2.05) is 0 Å². The average Bonchev–Trinajstić information content (AvgIpc) is 2.06. The highest BCUT2D eigenvalue weighted by Gasteiger charge is 2.06. The minimum Gasteiger partial charge on any atom is -0.775 e. The third-order valence-corrected chi connectivity index (χ3v) is 2.18. The minimum atomic E-state index is -3.84. The molecule has 1 N–H and O–H groups in total. The number of pyridine rings is 1. The van der Waals surface area contributed by atoms with E-state index in [9.17, 15) is 13.6 Å². The van der Waals surface area contributed by atoms with Crippen LogP contribution in [0.3, 0.4) is 0 Å². The van der Waals surface area contributed by atoms with E-state index in [0.717, 1.165) is 4.89 Å². The zero-order valence-electron chi connectivity index (χ0n) is 5.39. The molecule has 1 aromatic rings. The number of aromatic nitrogens is 1. The number of nitrogens with one attached hydrogen (secondary N) is 1. The van der Waals surface area contributed by atoms with Crippen molar-refractivity contribution in [1.29, 1.82) is 0 Å². The Morgan fingerprint density at radius 1 is 1.36 bits per heavy atom. The smallest absolute Gasteiger partial charge is 0.229 e. The van der Waals surface area contributed by atoms with E-state index in [4.69, 9.17) is 0 Å². The Kier molecular flexibility index (Phi) is 2.18. The second-order valence-electron chi connectivity index (χ2n) is 1.77. The van der Waals surface area contributed by atoms with Gasteiger partial charge in [0.25, 0.3) is 0 Å². The lowest BCUT2D eigenvalue weighted by Crippen LogP contribution is -2.16. The van der Waals surface area contributed by atoms with Crippen molar-refractivity contribution in [2.75, 3.05) is 0 Å². The minimum absolute atomic E-state index is 0.0810. The van der Waals surface area contributed by atoms with Crippen LogP contribution in [-0.4, -0.2) is 13.4 Å². The van der Waals surface area contributed by atoms with E-state index in [1.165, 1.54) is 24.5 Å². The summed E-state index contributed by atoms with van der Waals surface area (Å²) in [6, 6.07) is 2.47. The highest BCUT2D eigenvalue weighted by molar-refractivity contribution is 7.89. The van der Waals surface area contributed by atoms with Crippen molar-refractivity contribution in [3.8, 4) is 0 Å². The van der Waals surface area contributed by atoms with Gasteiger partial charge in [0, 0.05) is 12.4 Å². The van der Waals surface area contributed by atoms with Gasteiger partial charge < -0.3 is 5.21 Å². The van der Waals surface area contributed by atoms with Crippen molar-refractivity contribution in [3.63, 3.8) is 0 Å². The van der Waals surface area contributed by atoms with Gasteiger partial charge in [0.1, 0.15) is 0 Å². The van der Waals surface area contributed by atoms with Crippen molar-refractivity contribution in [3.05, 3.63) is 29.7 Å². The van der Waals surface area contributed by atoms with E-state index in [2.05, 4.69) is 4.98 Å². The summed E-state index contributed by atoms with van der Waals surface area (Å²) in [5.74, 6) is 0. The van der Waals surface area contributed by atoms with Crippen molar-refractivity contribution in [2.45, 2.75) is 4.90 Å². The molecule has 0 aliphatic carbocycles. The molecular formula is C5H5N2O3S-. The van der Waals surface area contributed by atoms with Crippen LogP contribution in [0.4, 0.5) is 0 Å². The van der Waals surface area contributed by atoms with Crippen LogP contribution in [0.2, 0.25) is 0 Å². The van der Waals surface area contributed by atoms with Crippen LogP contribution in [0.1, 0.15) is 0 Å². The molecule has 0 unspecified atom stereocenters. The van der Waals surface area contributed by atoms with E-state index in [0.29, 0.717) is 0 Å². The zero-order valence-corrected chi connectivity index (χ0v) is 6.21. The van der Waals surface area contributed by atoms with Gasteiger partial charge in [-0.1, -0.05) is 0 Å². The molecule has 6 heteroatoms. The topological polar surface area (TPSA) is 82.1 Å². The Morgan fingerprint density at radius 3 is 2.36 bits per heavy atom. The van der Waals surface area contributed by atoms with Crippen LogP contribution in [0.25, 0.3) is 0 Å². The molecule has 0 aromatic carbocycles. The summed E-state index contributed by atoms with van der Waals surface area (Å²) in [5, 5.41) is 9.89. The maximum Gasteiger partial charge on any atom is 0.229 e. The monoisotopic (exact) mass is 173 g/mol. The van der Waals surface area contributed by atoms with Crippen LogP contribution in [0.15, 0.2) is 29.4 Å². The summed E-state index contributed by atoms with van der Waals surface area (Å²) in [5.41, 5.74) is 0. The molecule has 0 spiro atoms. The molecule has 1 heterocycles. The fourth-order valence-electron chi connectivity index (χ4n) is 0.566.